The highest BCUT2D eigenvalue weighted by Crippen LogP contribution is 2.14. The highest BCUT2D eigenvalue weighted by atomic mass is 32.1. The molecular formula is C23H21FN2O5S. The van der Waals surface area contributed by atoms with Gasteiger partial charge in [-0.05, 0) is 55.3 Å². The first-order valence-corrected chi connectivity index (χ1v) is 10.6. The van der Waals surface area contributed by atoms with Crippen molar-refractivity contribution >= 4 is 29.0 Å². The van der Waals surface area contributed by atoms with Gasteiger partial charge >= 0.3 is 11.9 Å². The molecule has 0 N–H and O–H groups in total. The molecule has 32 heavy (non-hydrogen) atoms. The van der Waals surface area contributed by atoms with Crippen LogP contribution in [0.5, 0.6) is 0 Å². The normalized spacial score (nSPS) is 11.3. The minimum absolute atomic E-state index is 0.123. The summed E-state index contributed by atoms with van der Waals surface area (Å²) in [6.07, 6.45) is 0.467. The summed E-state index contributed by atoms with van der Waals surface area (Å²) in [7, 11) is 1.24. The molecule has 0 atom stereocenters. The smallest absolute Gasteiger partial charge is 0.348 e. The van der Waals surface area contributed by atoms with E-state index in [9.17, 15) is 18.8 Å². The van der Waals surface area contributed by atoms with Gasteiger partial charge in [0.1, 0.15) is 10.7 Å². The summed E-state index contributed by atoms with van der Waals surface area (Å²) in [6, 6.07) is 13.6. The monoisotopic (exact) mass is 456 g/mol. The number of rotatable bonds is 7. The second-order valence-corrected chi connectivity index (χ2v) is 7.64. The summed E-state index contributed by atoms with van der Waals surface area (Å²) < 4.78 is 24.3. The van der Waals surface area contributed by atoms with Crippen molar-refractivity contribution < 1.29 is 23.5 Å². The fraction of sp³-hybridized carbons (Fsp3) is 0.217. The van der Waals surface area contributed by atoms with Crippen molar-refractivity contribution in [1.29, 1.82) is 0 Å². The number of hydrogen-bond acceptors (Lipinski definition) is 7. The van der Waals surface area contributed by atoms with Crippen LogP contribution >= 0.6 is 11.3 Å². The molecule has 0 saturated heterocycles. The van der Waals surface area contributed by atoms with E-state index >= 15 is 0 Å². The van der Waals surface area contributed by atoms with E-state index in [4.69, 9.17) is 9.47 Å². The van der Waals surface area contributed by atoms with Gasteiger partial charge in [-0.15, -0.1) is 0 Å². The van der Waals surface area contributed by atoms with Crippen LogP contribution in [0.4, 0.5) is 10.1 Å². The van der Waals surface area contributed by atoms with E-state index in [0.717, 1.165) is 16.9 Å². The Hall–Kier alpha value is -3.59. The number of hydrogen-bond donors (Lipinski definition) is 0. The van der Waals surface area contributed by atoms with Crippen molar-refractivity contribution in [1.82, 2.24) is 4.57 Å². The van der Waals surface area contributed by atoms with Crippen LogP contribution in [-0.4, -0.2) is 30.2 Å². The van der Waals surface area contributed by atoms with Crippen molar-refractivity contribution in [3.63, 3.8) is 0 Å². The van der Waals surface area contributed by atoms with Crippen LogP contribution in [-0.2, 0) is 22.4 Å². The molecule has 1 aromatic heterocycles. The van der Waals surface area contributed by atoms with Crippen LogP contribution in [0.15, 0.2) is 64.4 Å². The molecule has 0 aliphatic carbocycles. The molecule has 0 spiro atoms. The molecule has 2 aromatic carbocycles. The van der Waals surface area contributed by atoms with Gasteiger partial charge in [0.25, 0.3) is 5.56 Å². The number of ether oxygens (including phenoxy) is 2. The van der Waals surface area contributed by atoms with E-state index in [-0.39, 0.29) is 23.8 Å². The van der Waals surface area contributed by atoms with E-state index in [1.807, 2.05) is 0 Å². The Bertz CT molecular complexity index is 1230. The molecule has 9 heteroatoms. The Morgan fingerprint density at radius 2 is 1.75 bits per heavy atom. The van der Waals surface area contributed by atoms with Crippen molar-refractivity contribution in [3.8, 4) is 0 Å². The fourth-order valence-electron chi connectivity index (χ4n) is 2.85. The van der Waals surface area contributed by atoms with Crippen molar-refractivity contribution in [2.45, 2.75) is 19.9 Å². The number of aromatic nitrogens is 1. The Morgan fingerprint density at radius 3 is 2.38 bits per heavy atom. The summed E-state index contributed by atoms with van der Waals surface area (Å²) >= 11 is 1.02. The van der Waals surface area contributed by atoms with E-state index in [1.54, 1.807) is 43.3 Å². The highest BCUT2D eigenvalue weighted by Gasteiger charge is 2.12. The quantitative estimate of drug-likeness (QED) is 0.508. The second-order valence-electron chi connectivity index (χ2n) is 6.63. The largest absolute Gasteiger partial charge is 0.465 e. The van der Waals surface area contributed by atoms with Crippen LogP contribution in [0.1, 0.15) is 32.5 Å². The lowest BCUT2D eigenvalue weighted by Gasteiger charge is -2.08. The third-order valence-electron chi connectivity index (χ3n) is 4.48. The highest BCUT2D eigenvalue weighted by molar-refractivity contribution is 7.11. The average molecular weight is 456 g/mol. The lowest BCUT2D eigenvalue weighted by Crippen LogP contribution is -2.33. The molecule has 3 aromatic rings. The van der Waals surface area contributed by atoms with Gasteiger partial charge in [-0.2, -0.15) is 0 Å². The van der Waals surface area contributed by atoms with Gasteiger partial charge < -0.3 is 9.47 Å². The van der Waals surface area contributed by atoms with Crippen LogP contribution in [0.3, 0.4) is 0 Å². The van der Waals surface area contributed by atoms with Crippen molar-refractivity contribution in [2.24, 2.45) is 4.99 Å². The lowest BCUT2D eigenvalue weighted by molar-refractivity contribution is 0.0525. The van der Waals surface area contributed by atoms with E-state index in [2.05, 4.69) is 4.99 Å². The molecule has 0 aliphatic heterocycles. The molecule has 0 saturated carbocycles. The molecule has 0 radical (unpaired) electrons. The number of carbonyl (C=O) groups is 2. The lowest BCUT2D eigenvalue weighted by atomic mass is 10.1. The maximum atomic E-state index is 13.2. The van der Waals surface area contributed by atoms with Crippen molar-refractivity contribution in [3.05, 3.63) is 91.6 Å². The first kappa shape index (κ1) is 23.1. The molecule has 0 unspecified atom stereocenters. The maximum Gasteiger partial charge on any atom is 0.348 e. The van der Waals surface area contributed by atoms with E-state index in [0.29, 0.717) is 22.5 Å². The maximum absolute atomic E-state index is 13.2. The predicted molar refractivity (Wildman–Crippen MR) is 118 cm³/mol. The minimum Gasteiger partial charge on any atom is -0.465 e. The second kappa shape index (κ2) is 10.6. The molecule has 7 nitrogen and oxygen atoms in total. The molecule has 166 valence electrons. The summed E-state index contributed by atoms with van der Waals surface area (Å²) in [4.78, 5) is 41.5. The number of halogens is 1. The minimum atomic E-state index is -0.633. The average Bonchev–Trinajstić information content (AvgIpc) is 2.79. The zero-order chi connectivity index (χ0) is 23.1. The Labute approximate surface area is 187 Å². The molecule has 0 fully saturated rings. The molecule has 0 aliphatic rings. The van der Waals surface area contributed by atoms with Gasteiger partial charge in [-0.25, -0.2) is 19.0 Å². The number of esters is 2. The predicted octanol–water partition coefficient (Wildman–Crippen LogP) is 3.49. The summed E-state index contributed by atoms with van der Waals surface area (Å²) in [6.45, 7) is 2.28. The summed E-state index contributed by atoms with van der Waals surface area (Å²) in [5.41, 5.74) is 1.32. The summed E-state index contributed by atoms with van der Waals surface area (Å²) in [5.74, 6) is -1.41. The van der Waals surface area contributed by atoms with Gasteiger partial charge in [0.15, 0.2) is 4.80 Å². The van der Waals surface area contributed by atoms with Crippen LogP contribution in [0.2, 0.25) is 0 Å². The zero-order valence-electron chi connectivity index (χ0n) is 17.5. The molecular weight excluding hydrogens is 435 g/mol. The molecule has 0 bridgehead atoms. The molecule has 3 rings (SSSR count). The fourth-order valence-corrected chi connectivity index (χ4v) is 3.81. The van der Waals surface area contributed by atoms with Gasteiger partial charge in [0.2, 0.25) is 0 Å². The van der Waals surface area contributed by atoms with Crippen LogP contribution < -0.4 is 10.4 Å². The van der Waals surface area contributed by atoms with Crippen molar-refractivity contribution in [2.75, 3.05) is 13.7 Å². The number of aryl methyl sites for hydroxylation is 1. The Morgan fingerprint density at radius 1 is 1.06 bits per heavy atom. The number of benzene rings is 2. The SMILES string of the molecule is CCOC(=O)c1ccc(N=c2sc(C(=O)OC)cc(=O)n2CCc2ccc(F)cc2)cc1. The van der Waals surface area contributed by atoms with Gasteiger partial charge in [0.05, 0.1) is 25.0 Å². The first-order valence-electron chi connectivity index (χ1n) is 9.81. The number of carbonyl (C=O) groups excluding carboxylic acids is 2. The third-order valence-corrected chi connectivity index (χ3v) is 5.48. The van der Waals surface area contributed by atoms with Crippen LogP contribution in [0.25, 0.3) is 0 Å². The zero-order valence-corrected chi connectivity index (χ0v) is 18.4. The van der Waals surface area contributed by atoms with Gasteiger partial charge in [-0.1, -0.05) is 23.5 Å². The van der Waals surface area contributed by atoms with Gasteiger partial charge in [-0.3, -0.25) is 9.36 Å². The number of nitrogens with zero attached hydrogens (tertiary/aromatic N) is 2. The molecule has 0 amide bonds. The number of methoxy groups -OCH3 is 1. The van der Waals surface area contributed by atoms with Gasteiger partial charge in [0, 0.05) is 12.6 Å². The Kier molecular flexibility index (Phi) is 7.67. The van der Waals surface area contributed by atoms with Crippen LogP contribution in [0, 0.1) is 5.82 Å². The Balaban J connectivity index is 1.99. The summed E-state index contributed by atoms with van der Waals surface area (Å²) in [5, 5.41) is 0. The van der Waals surface area contributed by atoms with E-state index in [1.165, 1.54) is 29.9 Å². The molecule has 1 heterocycles. The first-order chi connectivity index (χ1) is 15.4. The standard InChI is InChI=1S/C23H21FN2O5S/c1-3-31-21(28)16-6-10-18(11-7-16)25-23-26(13-12-15-4-8-17(24)9-5-15)20(27)14-19(32-23)22(29)30-2/h4-11,14H,3,12-13H2,1-2H3. The van der Waals surface area contributed by atoms with E-state index < -0.39 is 17.5 Å². The topological polar surface area (TPSA) is 87.0 Å². The third kappa shape index (κ3) is 5.76.